The molecule has 0 aliphatic carbocycles. The van der Waals surface area contributed by atoms with Crippen molar-refractivity contribution in [3.63, 3.8) is 0 Å². The highest BCUT2D eigenvalue weighted by atomic mass is 35.5. The van der Waals surface area contributed by atoms with Crippen molar-refractivity contribution >= 4 is 28.9 Å². The molecule has 0 saturated heterocycles. The van der Waals surface area contributed by atoms with E-state index in [1.807, 2.05) is 6.07 Å². The third-order valence-corrected chi connectivity index (χ3v) is 2.92. The predicted octanol–water partition coefficient (Wildman–Crippen LogP) is 3.19. The fourth-order valence-corrected chi connectivity index (χ4v) is 1.78. The van der Waals surface area contributed by atoms with Gasteiger partial charge in [0, 0.05) is 5.56 Å². The summed E-state index contributed by atoms with van der Waals surface area (Å²) in [4.78, 5) is 11.9. The number of nitrogens with one attached hydrogen (secondary N) is 1. The fourth-order valence-electron chi connectivity index (χ4n) is 1.55. The quantitative estimate of drug-likeness (QED) is 0.833. The number of amides is 1. The van der Waals surface area contributed by atoms with Gasteiger partial charge in [-0.1, -0.05) is 11.6 Å². The van der Waals surface area contributed by atoms with Gasteiger partial charge in [0.15, 0.2) is 0 Å². The van der Waals surface area contributed by atoms with Gasteiger partial charge in [-0.2, -0.15) is 5.26 Å². The Labute approximate surface area is 119 Å². The molecule has 0 spiro atoms. The summed E-state index contributed by atoms with van der Waals surface area (Å²) in [6.07, 6.45) is 0. The van der Waals surface area contributed by atoms with Gasteiger partial charge < -0.3 is 11.1 Å². The number of nitrogens with zero attached hydrogens (tertiary/aromatic N) is 1. The summed E-state index contributed by atoms with van der Waals surface area (Å²) in [5.74, 6) is -1.18. The number of nitrogen functional groups attached to an aromatic ring is 1. The molecule has 6 heteroatoms. The Balaban J connectivity index is 2.23. The van der Waals surface area contributed by atoms with Crippen LogP contribution in [-0.4, -0.2) is 5.91 Å². The number of nitriles is 1. The Morgan fingerprint density at radius 1 is 1.30 bits per heavy atom. The number of benzene rings is 2. The van der Waals surface area contributed by atoms with Crippen LogP contribution >= 0.6 is 11.6 Å². The van der Waals surface area contributed by atoms with Crippen LogP contribution in [0.4, 0.5) is 15.8 Å². The molecular weight excluding hydrogens is 281 g/mol. The van der Waals surface area contributed by atoms with Crippen molar-refractivity contribution in [2.24, 2.45) is 0 Å². The SMILES string of the molecule is N#Cc1ccc(NC(=O)c2ccc(N)c(F)c2)c(Cl)c1. The molecule has 0 aliphatic heterocycles. The lowest BCUT2D eigenvalue weighted by molar-refractivity contribution is 0.102. The Morgan fingerprint density at radius 2 is 2.05 bits per heavy atom. The van der Waals surface area contributed by atoms with Gasteiger partial charge in [-0.25, -0.2) is 4.39 Å². The molecule has 2 aromatic rings. The zero-order valence-electron chi connectivity index (χ0n) is 10.2. The second-order valence-corrected chi connectivity index (χ2v) is 4.40. The number of anilines is 2. The van der Waals surface area contributed by atoms with Crippen molar-refractivity contribution in [1.82, 2.24) is 0 Å². The summed E-state index contributed by atoms with van der Waals surface area (Å²) >= 11 is 5.94. The molecule has 100 valence electrons. The minimum absolute atomic E-state index is 0.0297. The third-order valence-electron chi connectivity index (χ3n) is 2.61. The molecule has 20 heavy (non-hydrogen) atoms. The van der Waals surface area contributed by atoms with E-state index in [0.29, 0.717) is 11.3 Å². The van der Waals surface area contributed by atoms with Crippen LogP contribution < -0.4 is 11.1 Å². The maximum absolute atomic E-state index is 13.3. The molecule has 0 bridgehead atoms. The maximum Gasteiger partial charge on any atom is 0.255 e. The monoisotopic (exact) mass is 289 g/mol. The number of rotatable bonds is 2. The molecule has 0 fully saturated rings. The second-order valence-electron chi connectivity index (χ2n) is 4.00. The second kappa shape index (κ2) is 5.59. The number of carbonyl (C=O) groups is 1. The molecule has 2 rings (SSSR count). The minimum Gasteiger partial charge on any atom is -0.396 e. The van der Waals surface area contributed by atoms with Crippen molar-refractivity contribution in [1.29, 1.82) is 5.26 Å². The van der Waals surface area contributed by atoms with Gasteiger partial charge in [0.25, 0.3) is 5.91 Å². The Morgan fingerprint density at radius 3 is 2.65 bits per heavy atom. The first-order valence-corrected chi connectivity index (χ1v) is 5.95. The lowest BCUT2D eigenvalue weighted by atomic mass is 10.1. The van der Waals surface area contributed by atoms with Gasteiger partial charge in [0.2, 0.25) is 0 Å². The molecule has 0 atom stereocenters. The molecule has 2 aromatic carbocycles. The first kappa shape index (κ1) is 13.8. The Hall–Kier alpha value is -2.58. The van der Waals surface area contributed by atoms with Crippen LogP contribution in [0, 0.1) is 17.1 Å². The molecule has 4 nitrogen and oxygen atoms in total. The van der Waals surface area contributed by atoms with Crippen LogP contribution in [0.5, 0.6) is 0 Å². The first-order valence-electron chi connectivity index (χ1n) is 5.57. The summed E-state index contributed by atoms with van der Waals surface area (Å²) < 4.78 is 13.3. The van der Waals surface area contributed by atoms with Crippen LogP contribution in [0.15, 0.2) is 36.4 Å². The van der Waals surface area contributed by atoms with E-state index in [1.54, 1.807) is 0 Å². The van der Waals surface area contributed by atoms with Crippen molar-refractivity contribution in [3.8, 4) is 6.07 Å². The van der Waals surface area contributed by atoms with Gasteiger partial charge in [0.1, 0.15) is 5.82 Å². The molecule has 0 heterocycles. The summed E-state index contributed by atoms with van der Waals surface area (Å²) in [5, 5.41) is 11.5. The molecule has 3 N–H and O–H groups in total. The molecule has 0 aliphatic rings. The Bertz CT molecular complexity index is 725. The first-order chi connectivity index (χ1) is 9.51. The molecule has 0 saturated carbocycles. The van der Waals surface area contributed by atoms with Gasteiger partial charge in [-0.3, -0.25) is 4.79 Å². The van der Waals surface area contributed by atoms with Crippen LogP contribution in [0.25, 0.3) is 0 Å². The number of carbonyl (C=O) groups excluding carboxylic acids is 1. The summed E-state index contributed by atoms with van der Waals surface area (Å²) in [5.41, 5.74) is 6.15. The molecule has 0 radical (unpaired) electrons. The molecular formula is C14H9ClFN3O. The van der Waals surface area contributed by atoms with Crippen molar-refractivity contribution in [2.75, 3.05) is 11.1 Å². The number of halogens is 2. The standard InChI is InChI=1S/C14H9ClFN3O/c15-10-5-8(7-17)1-4-13(10)19-14(20)9-2-3-12(18)11(16)6-9/h1-6H,18H2,(H,19,20). The van der Waals surface area contributed by atoms with Crippen molar-refractivity contribution in [2.45, 2.75) is 0 Å². The van der Waals surface area contributed by atoms with Gasteiger partial charge in [-0.05, 0) is 36.4 Å². The average Bonchev–Trinajstić information content (AvgIpc) is 2.43. The third kappa shape index (κ3) is 2.87. The highest BCUT2D eigenvalue weighted by Gasteiger charge is 2.11. The zero-order valence-corrected chi connectivity index (χ0v) is 10.9. The van der Waals surface area contributed by atoms with Crippen LogP contribution in [0.2, 0.25) is 5.02 Å². The van der Waals surface area contributed by atoms with E-state index in [0.717, 1.165) is 6.07 Å². The minimum atomic E-state index is -0.663. The zero-order chi connectivity index (χ0) is 14.7. The van der Waals surface area contributed by atoms with E-state index >= 15 is 0 Å². The highest BCUT2D eigenvalue weighted by molar-refractivity contribution is 6.34. The van der Waals surface area contributed by atoms with Crippen LogP contribution in [0.3, 0.4) is 0 Å². The maximum atomic E-state index is 13.3. The van der Waals surface area contributed by atoms with Gasteiger partial charge >= 0.3 is 0 Å². The number of hydrogen-bond donors (Lipinski definition) is 2. The normalized spacial score (nSPS) is 9.85. The van der Waals surface area contributed by atoms with E-state index in [1.165, 1.54) is 30.3 Å². The van der Waals surface area contributed by atoms with Gasteiger partial charge in [0.05, 0.1) is 28.0 Å². The highest BCUT2D eigenvalue weighted by Crippen LogP contribution is 2.23. The van der Waals surface area contributed by atoms with Crippen molar-refractivity contribution in [3.05, 3.63) is 58.4 Å². The summed E-state index contributed by atoms with van der Waals surface area (Å²) in [6.45, 7) is 0. The van der Waals surface area contributed by atoms with E-state index in [9.17, 15) is 9.18 Å². The number of nitrogens with two attached hydrogens (primary N) is 1. The van der Waals surface area contributed by atoms with E-state index in [4.69, 9.17) is 22.6 Å². The lowest BCUT2D eigenvalue weighted by Crippen LogP contribution is -2.12. The van der Waals surface area contributed by atoms with E-state index < -0.39 is 11.7 Å². The van der Waals surface area contributed by atoms with Crippen LogP contribution in [-0.2, 0) is 0 Å². The van der Waals surface area contributed by atoms with Crippen LogP contribution in [0.1, 0.15) is 15.9 Å². The van der Waals surface area contributed by atoms with E-state index in [2.05, 4.69) is 5.32 Å². The average molecular weight is 290 g/mol. The molecule has 0 unspecified atom stereocenters. The fraction of sp³-hybridized carbons (Fsp3) is 0. The lowest BCUT2D eigenvalue weighted by Gasteiger charge is -2.08. The Kier molecular flexibility index (Phi) is 3.87. The predicted molar refractivity (Wildman–Crippen MR) is 74.9 cm³/mol. The summed E-state index contributed by atoms with van der Waals surface area (Å²) in [7, 11) is 0. The topological polar surface area (TPSA) is 78.9 Å². The van der Waals surface area contributed by atoms with E-state index in [-0.39, 0.29) is 16.3 Å². The largest absolute Gasteiger partial charge is 0.396 e. The van der Waals surface area contributed by atoms with Gasteiger partial charge in [-0.15, -0.1) is 0 Å². The van der Waals surface area contributed by atoms with Crippen molar-refractivity contribution < 1.29 is 9.18 Å². The molecule has 1 amide bonds. The molecule has 0 aromatic heterocycles. The number of hydrogen-bond acceptors (Lipinski definition) is 3. The smallest absolute Gasteiger partial charge is 0.255 e. The summed E-state index contributed by atoms with van der Waals surface area (Å²) in [6, 6.07) is 10.2.